The highest BCUT2D eigenvalue weighted by atomic mass is 16.2. The number of piperazine rings is 1. The predicted octanol–water partition coefficient (Wildman–Crippen LogP) is 2.11. The molecule has 30 heavy (non-hydrogen) atoms. The van der Waals surface area contributed by atoms with Crippen LogP contribution in [0.25, 0.3) is 0 Å². The SMILES string of the molecule is CC(C)c1nccn1CCC(=O)NCC1CN(C(=O)c2ccccc2)C2CCN1C2. The molecule has 0 saturated carbocycles. The van der Waals surface area contributed by atoms with Crippen molar-refractivity contribution in [3.8, 4) is 0 Å². The third-order valence-electron chi connectivity index (χ3n) is 6.22. The molecular formula is C23H31N5O2. The monoisotopic (exact) mass is 409 g/mol. The Bertz CT molecular complexity index is 879. The molecule has 2 fully saturated rings. The van der Waals surface area contributed by atoms with Crippen molar-refractivity contribution in [2.75, 3.05) is 26.2 Å². The van der Waals surface area contributed by atoms with E-state index in [2.05, 4.69) is 33.6 Å². The molecule has 2 aliphatic heterocycles. The maximum atomic E-state index is 13.0. The highest BCUT2D eigenvalue weighted by molar-refractivity contribution is 5.94. The minimum atomic E-state index is 0.0423. The van der Waals surface area contributed by atoms with Crippen LogP contribution in [0.15, 0.2) is 42.7 Å². The molecule has 1 aromatic heterocycles. The van der Waals surface area contributed by atoms with Crippen LogP contribution in [0.3, 0.4) is 0 Å². The van der Waals surface area contributed by atoms with Gasteiger partial charge in [0.1, 0.15) is 5.82 Å². The van der Waals surface area contributed by atoms with E-state index in [4.69, 9.17) is 0 Å². The van der Waals surface area contributed by atoms with Crippen molar-refractivity contribution in [2.45, 2.75) is 51.2 Å². The minimum Gasteiger partial charge on any atom is -0.354 e. The number of hydrogen-bond donors (Lipinski definition) is 1. The van der Waals surface area contributed by atoms with Gasteiger partial charge in [-0.3, -0.25) is 14.5 Å². The average molecular weight is 410 g/mol. The summed E-state index contributed by atoms with van der Waals surface area (Å²) >= 11 is 0. The maximum absolute atomic E-state index is 13.0. The third-order valence-corrected chi connectivity index (χ3v) is 6.22. The van der Waals surface area contributed by atoms with E-state index in [1.807, 2.05) is 41.4 Å². The van der Waals surface area contributed by atoms with Gasteiger partial charge < -0.3 is 14.8 Å². The average Bonchev–Trinajstić information content (AvgIpc) is 3.40. The van der Waals surface area contributed by atoms with Crippen LogP contribution in [0.4, 0.5) is 0 Å². The second kappa shape index (κ2) is 9.00. The number of aryl methyl sites for hydroxylation is 1. The van der Waals surface area contributed by atoms with Crippen LogP contribution in [0.5, 0.6) is 0 Å². The van der Waals surface area contributed by atoms with Gasteiger partial charge in [-0.2, -0.15) is 0 Å². The topological polar surface area (TPSA) is 70.5 Å². The first-order chi connectivity index (χ1) is 14.5. The molecule has 3 atom stereocenters. The van der Waals surface area contributed by atoms with Crippen LogP contribution in [-0.4, -0.2) is 69.4 Å². The van der Waals surface area contributed by atoms with Gasteiger partial charge in [0.25, 0.3) is 5.91 Å². The van der Waals surface area contributed by atoms with Crippen LogP contribution < -0.4 is 5.32 Å². The van der Waals surface area contributed by atoms with Crippen molar-refractivity contribution in [3.63, 3.8) is 0 Å². The molecule has 0 radical (unpaired) electrons. The summed E-state index contributed by atoms with van der Waals surface area (Å²) in [4.78, 5) is 34.3. The summed E-state index contributed by atoms with van der Waals surface area (Å²) in [6.45, 7) is 7.96. The van der Waals surface area contributed by atoms with Crippen LogP contribution in [0, 0.1) is 0 Å². The zero-order chi connectivity index (χ0) is 21.1. The van der Waals surface area contributed by atoms with Gasteiger partial charge in [0.15, 0.2) is 0 Å². The lowest BCUT2D eigenvalue weighted by Crippen LogP contribution is -2.57. The molecule has 2 bridgehead atoms. The highest BCUT2D eigenvalue weighted by Crippen LogP contribution is 2.26. The van der Waals surface area contributed by atoms with Gasteiger partial charge >= 0.3 is 0 Å². The van der Waals surface area contributed by atoms with Crippen LogP contribution in [-0.2, 0) is 11.3 Å². The number of hydrogen-bond acceptors (Lipinski definition) is 4. The normalized spacial score (nSPS) is 23.0. The number of fused-ring (bicyclic) bond motifs is 2. The first-order valence-corrected chi connectivity index (χ1v) is 10.9. The fraction of sp³-hybridized carbons (Fsp3) is 0.522. The smallest absolute Gasteiger partial charge is 0.254 e. The molecule has 2 aliphatic rings. The Hall–Kier alpha value is -2.67. The molecule has 1 aromatic carbocycles. The lowest BCUT2D eigenvalue weighted by molar-refractivity contribution is -0.121. The van der Waals surface area contributed by atoms with E-state index in [1.54, 1.807) is 6.20 Å². The summed E-state index contributed by atoms with van der Waals surface area (Å²) in [6, 6.07) is 9.93. The number of nitrogens with one attached hydrogen (secondary N) is 1. The number of imidazole rings is 1. The second-order valence-corrected chi connectivity index (χ2v) is 8.60. The fourth-order valence-corrected chi connectivity index (χ4v) is 4.59. The molecule has 3 heterocycles. The third kappa shape index (κ3) is 4.41. The quantitative estimate of drug-likeness (QED) is 0.760. The molecule has 0 aliphatic carbocycles. The summed E-state index contributed by atoms with van der Waals surface area (Å²) in [5.41, 5.74) is 0.738. The number of carbonyl (C=O) groups excluding carboxylic acids is 2. The number of nitrogens with zero attached hydrogens (tertiary/aromatic N) is 4. The molecule has 160 valence electrons. The number of benzene rings is 1. The van der Waals surface area contributed by atoms with Gasteiger partial charge in [-0.15, -0.1) is 0 Å². The fourth-order valence-electron chi connectivity index (χ4n) is 4.59. The highest BCUT2D eigenvalue weighted by Gasteiger charge is 2.40. The largest absolute Gasteiger partial charge is 0.354 e. The van der Waals surface area contributed by atoms with Gasteiger partial charge in [-0.05, 0) is 18.6 Å². The van der Waals surface area contributed by atoms with E-state index in [0.29, 0.717) is 32.0 Å². The molecule has 2 saturated heterocycles. The molecule has 2 aromatic rings. The van der Waals surface area contributed by atoms with E-state index >= 15 is 0 Å². The van der Waals surface area contributed by atoms with Gasteiger partial charge in [-0.1, -0.05) is 32.0 Å². The Morgan fingerprint density at radius 3 is 2.77 bits per heavy atom. The molecule has 2 amide bonds. The maximum Gasteiger partial charge on any atom is 0.254 e. The van der Waals surface area contributed by atoms with E-state index in [0.717, 1.165) is 30.9 Å². The standard InChI is InChI=1S/C23H31N5O2/c1-17(2)22-24-10-13-26(22)12-9-21(29)25-14-20-16-28(19-8-11-27(20)15-19)23(30)18-6-4-3-5-7-18/h3-7,10,13,17,19-20H,8-9,11-12,14-16H2,1-2H3,(H,25,29). The summed E-state index contributed by atoms with van der Waals surface area (Å²) in [6.07, 6.45) is 5.15. The summed E-state index contributed by atoms with van der Waals surface area (Å²) in [5, 5.41) is 3.09. The second-order valence-electron chi connectivity index (χ2n) is 8.60. The van der Waals surface area contributed by atoms with Crippen molar-refractivity contribution >= 4 is 11.8 Å². The Kier molecular flexibility index (Phi) is 6.18. The first-order valence-electron chi connectivity index (χ1n) is 10.9. The summed E-state index contributed by atoms with van der Waals surface area (Å²) in [7, 11) is 0. The lowest BCUT2D eigenvalue weighted by Gasteiger charge is -2.40. The molecule has 3 unspecified atom stereocenters. The van der Waals surface area contributed by atoms with E-state index in [-0.39, 0.29) is 23.9 Å². The van der Waals surface area contributed by atoms with Gasteiger partial charge in [-0.25, -0.2) is 4.98 Å². The number of rotatable bonds is 7. The zero-order valence-electron chi connectivity index (χ0n) is 17.8. The zero-order valence-corrected chi connectivity index (χ0v) is 17.8. The number of aromatic nitrogens is 2. The van der Waals surface area contributed by atoms with Crippen LogP contribution in [0.1, 0.15) is 48.8 Å². The molecule has 0 spiro atoms. The van der Waals surface area contributed by atoms with Gasteiger partial charge in [0.05, 0.1) is 0 Å². The van der Waals surface area contributed by atoms with Crippen LogP contribution in [0.2, 0.25) is 0 Å². The minimum absolute atomic E-state index is 0.0423. The van der Waals surface area contributed by atoms with E-state index in [9.17, 15) is 9.59 Å². The lowest BCUT2D eigenvalue weighted by atomic mass is 10.1. The van der Waals surface area contributed by atoms with Crippen molar-refractivity contribution in [1.29, 1.82) is 0 Å². The molecule has 1 N–H and O–H groups in total. The molecule has 7 nitrogen and oxygen atoms in total. The Balaban J connectivity index is 1.31. The van der Waals surface area contributed by atoms with Crippen molar-refractivity contribution in [3.05, 3.63) is 54.1 Å². The van der Waals surface area contributed by atoms with E-state index < -0.39 is 0 Å². The van der Waals surface area contributed by atoms with Crippen molar-refractivity contribution in [2.24, 2.45) is 0 Å². The molecule has 4 rings (SSSR count). The summed E-state index contributed by atoms with van der Waals surface area (Å²) in [5.74, 6) is 1.48. The predicted molar refractivity (Wildman–Crippen MR) is 115 cm³/mol. The van der Waals surface area contributed by atoms with E-state index in [1.165, 1.54) is 0 Å². The summed E-state index contributed by atoms with van der Waals surface area (Å²) < 4.78 is 2.05. The first kappa shape index (κ1) is 20.6. The Morgan fingerprint density at radius 1 is 1.20 bits per heavy atom. The van der Waals surface area contributed by atoms with Gasteiger partial charge in [0.2, 0.25) is 5.91 Å². The molecule has 7 heteroatoms. The number of amides is 2. The Labute approximate surface area is 178 Å². The molecular weight excluding hydrogens is 378 g/mol. The van der Waals surface area contributed by atoms with Crippen LogP contribution >= 0.6 is 0 Å². The van der Waals surface area contributed by atoms with Crippen molar-refractivity contribution in [1.82, 2.24) is 24.7 Å². The Morgan fingerprint density at radius 2 is 2.00 bits per heavy atom. The van der Waals surface area contributed by atoms with Crippen molar-refractivity contribution < 1.29 is 9.59 Å². The van der Waals surface area contributed by atoms with Gasteiger partial charge in [0, 0.05) is 75.1 Å². The number of carbonyl (C=O) groups is 2.